The second-order valence-corrected chi connectivity index (χ2v) is 7.43. The molecule has 3 amide bonds. The van der Waals surface area contributed by atoms with Crippen molar-refractivity contribution in [1.29, 1.82) is 0 Å². The van der Waals surface area contributed by atoms with Crippen LogP contribution in [0.2, 0.25) is 0 Å². The van der Waals surface area contributed by atoms with Crippen molar-refractivity contribution in [3.63, 3.8) is 0 Å². The van der Waals surface area contributed by atoms with Gasteiger partial charge in [0.2, 0.25) is 11.8 Å². The van der Waals surface area contributed by atoms with Crippen molar-refractivity contribution in [2.24, 2.45) is 5.73 Å². The number of amides is 3. The molecule has 1 heterocycles. The van der Waals surface area contributed by atoms with Gasteiger partial charge in [0, 0.05) is 37.1 Å². The molecule has 1 aliphatic rings. The summed E-state index contributed by atoms with van der Waals surface area (Å²) in [4.78, 5) is 49.3. The highest BCUT2D eigenvalue weighted by molar-refractivity contribution is 5.96. The average molecular weight is 402 g/mol. The van der Waals surface area contributed by atoms with Crippen LogP contribution in [0.1, 0.15) is 42.6 Å². The number of H-pyrrole nitrogens is 1. The summed E-state index contributed by atoms with van der Waals surface area (Å²) in [7, 11) is 0. The number of nitrogens with two attached hydrogens (primary N) is 1. The lowest BCUT2D eigenvalue weighted by Crippen LogP contribution is -2.57. The average Bonchev–Trinajstić information content (AvgIpc) is 2.65. The number of aromatic nitrogens is 1. The van der Waals surface area contributed by atoms with Gasteiger partial charge in [-0.2, -0.15) is 0 Å². The van der Waals surface area contributed by atoms with Gasteiger partial charge in [-0.3, -0.25) is 19.2 Å². The summed E-state index contributed by atoms with van der Waals surface area (Å²) in [6, 6.07) is 8.12. The second kappa shape index (κ2) is 8.42. The van der Waals surface area contributed by atoms with Crippen molar-refractivity contribution in [2.75, 3.05) is 6.54 Å². The van der Waals surface area contributed by atoms with E-state index < -0.39 is 17.5 Å². The zero-order chi connectivity index (χ0) is 21.0. The number of halogens is 1. The fourth-order valence-electron chi connectivity index (χ4n) is 3.43. The van der Waals surface area contributed by atoms with Gasteiger partial charge in [-0.05, 0) is 23.9 Å². The molecule has 1 aliphatic carbocycles. The molecular weight excluding hydrogens is 379 g/mol. The first-order chi connectivity index (χ1) is 13.8. The van der Waals surface area contributed by atoms with E-state index in [9.17, 15) is 23.6 Å². The van der Waals surface area contributed by atoms with E-state index in [2.05, 4.69) is 15.6 Å². The summed E-state index contributed by atoms with van der Waals surface area (Å²) in [6.45, 7) is -0.151. The zero-order valence-corrected chi connectivity index (χ0v) is 15.8. The van der Waals surface area contributed by atoms with Crippen LogP contribution in [0.5, 0.6) is 0 Å². The van der Waals surface area contributed by atoms with E-state index in [0.29, 0.717) is 17.2 Å². The topological polar surface area (TPSA) is 134 Å². The van der Waals surface area contributed by atoms with E-state index in [4.69, 9.17) is 5.73 Å². The van der Waals surface area contributed by atoms with Gasteiger partial charge in [-0.1, -0.05) is 18.2 Å². The summed E-state index contributed by atoms with van der Waals surface area (Å²) < 4.78 is 14.6. The first-order valence-electron chi connectivity index (χ1n) is 9.43. The Balaban J connectivity index is 1.47. The molecular formula is C20H23FN4O4. The minimum Gasteiger partial charge on any atom is -0.370 e. The van der Waals surface area contributed by atoms with Crippen molar-refractivity contribution in [1.82, 2.24) is 15.6 Å². The molecule has 154 valence electrons. The van der Waals surface area contributed by atoms with Crippen molar-refractivity contribution in [3.8, 4) is 0 Å². The molecule has 0 atom stereocenters. The van der Waals surface area contributed by atoms with Crippen molar-refractivity contribution in [2.45, 2.75) is 43.8 Å². The molecule has 1 aromatic heterocycles. The third-order valence-electron chi connectivity index (χ3n) is 4.99. The van der Waals surface area contributed by atoms with E-state index in [1.54, 1.807) is 30.3 Å². The fourth-order valence-corrected chi connectivity index (χ4v) is 3.43. The fraction of sp³-hybridized carbons (Fsp3) is 0.400. The number of nitrogens with one attached hydrogen (secondary N) is 3. The van der Waals surface area contributed by atoms with E-state index in [1.807, 2.05) is 0 Å². The maximum absolute atomic E-state index is 14.6. The smallest absolute Gasteiger partial charge is 0.268 e. The van der Waals surface area contributed by atoms with E-state index >= 15 is 0 Å². The van der Waals surface area contributed by atoms with Crippen LogP contribution in [0.15, 0.2) is 35.1 Å². The minimum absolute atomic E-state index is 0.0676. The summed E-state index contributed by atoms with van der Waals surface area (Å²) in [6.07, 6.45) is 0.674. The van der Waals surface area contributed by atoms with Crippen LogP contribution in [0, 0.1) is 0 Å². The van der Waals surface area contributed by atoms with Gasteiger partial charge in [0.15, 0.2) is 0 Å². The Bertz CT molecular complexity index is 997. The number of hydrogen-bond donors (Lipinski definition) is 4. The Labute approximate surface area is 166 Å². The molecule has 9 heteroatoms. The van der Waals surface area contributed by atoms with Gasteiger partial charge < -0.3 is 21.4 Å². The van der Waals surface area contributed by atoms with E-state index in [1.165, 1.54) is 0 Å². The van der Waals surface area contributed by atoms with Gasteiger partial charge in [-0.25, -0.2) is 4.39 Å². The number of carbonyl (C=O) groups excluding carboxylic acids is 3. The summed E-state index contributed by atoms with van der Waals surface area (Å²) >= 11 is 0. The maximum atomic E-state index is 14.6. The lowest BCUT2D eigenvalue weighted by Gasteiger charge is -2.41. The van der Waals surface area contributed by atoms with Crippen molar-refractivity contribution >= 4 is 28.5 Å². The van der Waals surface area contributed by atoms with Crippen LogP contribution in [-0.4, -0.2) is 41.0 Å². The normalized spacial score (nSPS) is 20.7. The van der Waals surface area contributed by atoms with Crippen LogP contribution in [0.3, 0.4) is 0 Å². The molecule has 2 aromatic rings. The Morgan fingerprint density at radius 3 is 2.66 bits per heavy atom. The molecule has 1 fully saturated rings. The van der Waals surface area contributed by atoms with Gasteiger partial charge in [-0.15, -0.1) is 0 Å². The molecule has 0 aliphatic heterocycles. The minimum atomic E-state index is -1.59. The number of fused-ring (bicyclic) bond motifs is 1. The molecule has 3 rings (SSSR count). The molecule has 8 nitrogen and oxygen atoms in total. The standard InChI is InChI=1S/C20H23FN4O4/c21-20(11-23-17(27)7-3-6-16(22)26)9-13(10-20)24-19(29)15-8-12-4-1-2-5-14(12)18(28)25-15/h1-2,4-5,8,13H,3,6-7,9-11H2,(H2,22,26)(H,23,27)(H,24,29)(H,25,28). The molecule has 1 aromatic carbocycles. The molecule has 0 saturated heterocycles. The molecule has 0 unspecified atom stereocenters. The quantitative estimate of drug-likeness (QED) is 0.522. The number of alkyl halides is 1. The third-order valence-corrected chi connectivity index (χ3v) is 4.99. The Hall–Kier alpha value is -3.23. The first-order valence-corrected chi connectivity index (χ1v) is 9.43. The summed E-state index contributed by atoms with van der Waals surface area (Å²) in [5, 5.41) is 6.34. The van der Waals surface area contributed by atoms with Gasteiger partial charge in [0.1, 0.15) is 11.4 Å². The van der Waals surface area contributed by atoms with Crippen molar-refractivity contribution < 1.29 is 18.8 Å². The zero-order valence-electron chi connectivity index (χ0n) is 15.8. The molecule has 0 spiro atoms. The number of primary amides is 1. The lowest BCUT2D eigenvalue weighted by atomic mass is 9.77. The molecule has 0 radical (unpaired) electrons. The first kappa shape index (κ1) is 20.5. The molecule has 0 bridgehead atoms. The van der Waals surface area contributed by atoms with Crippen LogP contribution in [-0.2, 0) is 9.59 Å². The number of rotatable bonds is 8. The van der Waals surface area contributed by atoms with Gasteiger partial charge in [0.25, 0.3) is 11.5 Å². The maximum Gasteiger partial charge on any atom is 0.268 e. The lowest BCUT2D eigenvalue weighted by molar-refractivity contribution is -0.122. The number of carbonyl (C=O) groups is 3. The monoisotopic (exact) mass is 402 g/mol. The predicted octanol–water partition coefficient (Wildman–Crippen LogP) is 0.900. The number of benzene rings is 1. The Morgan fingerprint density at radius 2 is 1.93 bits per heavy atom. The van der Waals surface area contributed by atoms with Gasteiger partial charge >= 0.3 is 0 Å². The molecule has 29 heavy (non-hydrogen) atoms. The van der Waals surface area contributed by atoms with Crippen molar-refractivity contribution in [3.05, 3.63) is 46.4 Å². The number of hydrogen-bond acceptors (Lipinski definition) is 4. The Kier molecular flexibility index (Phi) is 5.95. The van der Waals surface area contributed by atoms with Gasteiger partial charge in [0.05, 0.1) is 6.54 Å². The highest BCUT2D eigenvalue weighted by Crippen LogP contribution is 2.35. The third kappa shape index (κ3) is 5.18. The number of aromatic amines is 1. The number of pyridine rings is 1. The molecule has 1 saturated carbocycles. The summed E-state index contributed by atoms with van der Waals surface area (Å²) in [5.41, 5.74) is 3.17. The molecule has 5 N–H and O–H groups in total. The second-order valence-electron chi connectivity index (χ2n) is 7.43. The van der Waals surface area contributed by atoms with Crippen LogP contribution in [0.25, 0.3) is 10.8 Å². The predicted molar refractivity (Wildman–Crippen MR) is 105 cm³/mol. The van der Waals surface area contributed by atoms with Crippen LogP contribution < -0.4 is 21.9 Å². The summed E-state index contributed by atoms with van der Waals surface area (Å²) in [5.74, 6) is -1.30. The van der Waals surface area contributed by atoms with Crippen LogP contribution in [0.4, 0.5) is 4.39 Å². The largest absolute Gasteiger partial charge is 0.370 e. The highest BCUT2D eigenvalue weighted by Gasteiger charge is 2.45. The van der Waals surface area contributed by atoms with E-state index in [-0.39, 0.29) is 55.4 Å². The van der Waals surface area contributed by atoms with E-state index in [0.717, 1.165) is 0 Å². The Morgan fingerprint density at radius 1 is 1.21 bits per heavy atom. The SMILES string of the molecule is NC(=O)CCCC(=O)NCC1(F)CC(NC(=O)c2cc3ccccc3c(=O)[nH]2)C1. The van der Waals surface area contributed by atoms with Crippen LogP contribution >= 0.6 is 0 Å². The highest BCUT2D eigenvalue weighted by atomic mass is 19.1.